The number of aliphatic carboxylic acids is 2. The number of hydrogen-bond donors (Lipinski definition) is 6. The van der Waals surface area contributed by atoms with Crippen LogP contribution in [0.15, 0.2) is 24.3 Å². The van der Waals surface area contributed by atoms with E-state index in [4.69, 9.17) is 22.4 Å². The first-order valence-corrected chi connectivity index (χ1v) is 6.77. The summed E-state index contributed by atoms with van der Waals surface area (Å²) in [5.74, 6) is -1.04. The van der Waals surface area contributed by atoms with Crippen LogP contribution in [0, 0.1) is 0 Å². The molecular weight excluding hydrogens is 296 g/mol. The van der Waals surface area contributed by atoms with E-state index in [0.29, 0.717) is 15.0 Å². The van der Waals surface area contributed by atoms with E-state index in [1.807, 2.05) is 0 Å². The van der Waals surface area contributed by atoms with E-state index in [-0.39, 0.29) is 12.3 Å². The second kappa shape index (κ2) is 12.6. The molecule has 0 aromatic carbocycles. The van der Waals surface area contributed by atoms with Crippen molar-refractivity contribution in [1.82, 2.24) is 12.3 Å². The summed E-state index contributed by atoms with van der Waals surface area (Å²) in [6, 6.07) is 0. The highest BCUT2D eigenvalue weighted by Crippen LogP contribution is 2.29. The van der Waals surface area contributed by atoms with Crippen LogP contribution < -0.4 is 12.3 Å². The Morgan fingerprint density at radius 1 is 1.06 bits per heavy atom. The highest BCUT2D eigenvalue weighted by Gasteiger charge is 2.03. The van der Waals surface area contributed by atoms with Gasteiger partial charge in [-0.15, -0.1) is 12.6 Å². The first-order valence-electron chi connectivity index (χ1n) is 4.20. The second-order valence-electron chi connectivity index (χ2n) is 2.67. The number of rotatable bonds is 6. The fourth-order valence-corrected chi connectivity index (χ4v) is 2.91. The Kier molecular flexibility index (Phi) is 15.6. The van der Waals surface area contributed by atoms with Crippen molar-refractivity contribution in [3.05, 3.63) is 24.3 Å². The smallest absolute Gasteiger partial charge is 0.328 e. The van der Waals surface area contributed by atoms with Crippen molar-refractivity contribution >= 4 is 51.2 Å². The summed E-state index contributed by atoms with van der Waals surface area (Å²) in [4.78, 5) is 20.5. The molecule has 0 aliphatic carbocycles. The summed E-state index contributed by atoms with van der Waals surface area (Å²) in [7, 11) is -0.786. The lowest BCUT2D eigenvalue weighted by atomic mass is 10.5. The zero-order chi connectivity index (χ0) is 12.6. The van der Waals surface area contributed by atoms with Crippen molar-refractivity contribution in [2.45, 2.75) is 0 Å². The maximum Gasteiger partial charge on any atom is 0.328 e. The summed E-state index contributed by atoms with van der Waals surface area (Å²) >= 11 is 8.95. The van der Waals surface area contributed by atoms with Crippen LogP contribution in [0.2, 0.25) is 0 Å². The van der Waals surface area contributed by atoms with Gasteiger partial charge in [0.2, 0.25) is 0 Å². The van der Waals surface area contributed by atoms with Crippen LogP contribution in [0.25, 0.3) is 0 Å². The number of hydrogen-bond acceptors (Lipinski definition) is 5. The van der Waals surface area contributed by atoms with Crippen molar-refractivity contribution < 1.29 is 19.8 Å². The molecule has 0 bridgehead atoms. The van der Waals surface area contributed by atoms with E-state index >= 15 is 0 Å². The second-order valence-corrected chi connectivity index (χ2v) is 6.74. The van der Waals surface area contributed by atoms with Crippen LogP contribution in [0.4, 0.5) is 0 Å². The highest BCUT2D eigenvalue weighted by atomic mass is 32.3. The van der Waals surface area contributed by atoms with E-state index in [9.17, 15) is 9.59 Å². The topological polar surface area (TPSA) is 145 Å². The van der Waals surface area contributed by atoms with Crippen LogP contribution in [0.1, 0.15) is 0 Å². The van der Waals surface area contributed by atoms with Gasteiger partial charge in [-0.3, -0.25) is 0 Å². The van der Waals surface area contributed by atoms with Crippen molar-refractivity contribution in [2.24, 2.45) is 0 Å². The molecule has 0 radical (unpaired) electrons. The summed E-state index contributed by atoms with van der Waals surface area (Å²) in [5, 5.41) is 16.8. The van der Waals surface area contributed by atoms with Gasteiger partial charge < -0.3 is 22.5 Å². The first-order chi connectivity index (χ1) is 7.43. The van der Waals surface area contributed by atoms with Crippen LogP contribution in [-0.2, 0) is 9.59 Å². The lowest BCUT2D eigenvalue weighted by Gasteiger charge is -2.14. The van der Waals surface area contributed by atoms with Crippen molar-refractivity contribution in [2.75, 3.05) is 11.5 Å². The zero-order valence-corrected chi connectivity index (χ0v) is 12.3. The largest absolute Gasteiger partial charge is 0.478 e. The molecule has 0 atom stereocenters. The summed E-state index contributed by atoms with van der Waals surface area (Å²) in [6.45, 7) is 0. The van der Waals surface area contributed by atoms with Crippen LogP contribution in [0.5, 0.6) is 0 Å². The number of carbonyl (C=O) groups is 2. The van der Waals surface area contributed by atoms with Gasteiger partial charge >= 0.3 is 11.9 Å². The lowest BCUT2D eigenvalue weighted by Crippen LogP contribution is -1.98. The fourth-order valence-electron chi connectivity index (χ4n) is 0.792. The van der Waals surface area contributed by atoms with Gasteiger partial charge in [0.05, 0.1) is 3.53 Å². The first kappa shape index (κ1) is 22.3. The number of carboxylic acids is 2. The van der Waals surface area contributed by atoms with Gasteiger partial charge in [0, 0.05) is 12.2 Å². The molecule has 18 heavy (non-hydrogen) atoms. The molecule has 0 fully saturated rings. The van der Waals surface area contributed by atoms with E-state index < -0.39 is 22.8 Å². The molecule has 0 amide bonds. The Morgan fingerprint density at radius 3 is 1.61 bits per heavy atom. The SMILES string of the molecule is N.N.O=C(O)C=CC[SH](CC=CC(=O)O)C(=S)S. The molecule has 0 aliphatic rings. The quantitative estimate of drug-likeness (QED) is 0.249. The molecule has 6 nitrogen and oxygen atoms in total. The summed E-state index contributed by atoms with van der Waals surface area (Å²) < 4.78 is 0.500. The van der Waals surface area contributed by atoms with E-state index in [1.54, 1.807) is 0 Å². The van der Waals surface area contributed by atoms with Gasteiger partial charge in [0.1, 0.15) is 0 Å². The average Bonchev–Trinajstić information content (AvgIpc) is 2.14. The third kappa shape index (κ3) is 13.2. The minimum absolute atomic E-state index is 0. The van der Waals surface area contributed by atoms with Crippen molar-refractivity contribution in [3.63, 3.8) is 0 Å². The normalized spacial score (nSPS) is 12.6. The highest BCUT2D eigenvalue weighted by molar-refractivity contribution is 8.50. The van der Waals surface area contributed by atoms with Gasteiger partial charge in [0.25, 0.3) is 0 Å². The minimum Gasteiger partial charge on any atom is -0.478 e. The molecule has 9 heteroatoms. The summed E-state index contributed by atoms with van der Waals surface area (Å²) in [6.07, 6.45) is 5.10. The lowest BCUT2D eigenvalue weighted by molar-refractivity contribution is -0.132. The monoisotopic (exact) mass is 314 g/mol. The van der Waals surface area contributed by atoms with Gasteiger partial charge in [-0.25, -0.2) is 20.5 Å². The van der Waals surface area contributed by atoms with Gasteiger partial charge in [-0.2, -0.15) is 0 Å². The molecule has 0 saturated heterocycles. The van der Waals surface area contributed by atoms with Crippen LogP contribution >= 0.6 is 35.7 Å². The Morgan fingerprint density at radius 2 is 1.39 bits per heavy atom. The molecule has 8 N–H and O–H groups in total. The molecule has 0 aromatic heterocycles. The summed E-state index contributed by atoms with van der Waals surface area (Å²) in [5.41, 5.74) is 0. The molecule has 0 aliphatic heterocycles. The Balaban J connectivity index is -0.00000112. The Hall–Kier alpha value is -0.870. The number of carboxylic acid groups (broad SMARTS) is 2. The molecule has 0 rings (SSSR count). The molecule has 0 heterocycles. The van der Waals surface area contributed by atoms with Gasteiger partial charge in [-0.1, -0.05) is 24.4 Å². The van der Waals surface area contributed by atoms with Crippen LogP contribution in [-0.4, -0.2) is 37.2 Å². The molecule has 0 unspecified atom stereocenters. The van der Waals surface area contributed by atoms with Crippen LogP contribution in [0.3, 0.4) is 0 Å². The van der Waals surface area contributed by atoms with E-state index in [2.05, 4.69) is 12.6 Å². The molecule has 0 spiro atoms. The van der Waals surface area contributed by atoms with Crippen molar-refractivity contribution in [1.29, 1.82) is 0 Å². The number of thiocarbonyl (C=S) groups is 1. The number of thiol groups is 2. The molecular formula is C9H18N2O4S3. The third-order valence-corrected chi connectivity index (χ3v) is 4.91. The maximum atomic E-state index is 10.2. The average molecular weight is 314 g/mol. The standard InChI is InChI=1S/C9H12O4S3.2H3N/c10-7(11)3-1-5-16(9(14)15)6-2-4-8(12)13;;/h1-4,16H,5-6H2,(H,10,11)(H,12,13)(H,14,15);2*1H3. The Labute approximate surface area is 119 Å². The third-order valence-electron chi connectivity index (χ3n) is 1.44. The fraction of sp³-hybridized carbons (Fsp3) is 0.222. The van der Waals surface area contributed by atoms with Gasteiger partial charge in [0.15, 0.2) is 0 Å². The van der Waals surface area contributed by atoms with Gasteiger partial charge in [-0.05, 0) is 11.5 Å². The van der Waals surface area contributed by atoms with E-state index in [0.717, 1.165) is 12.2 Å². The minimum atomic E-state index is -1.01. The predicted octanol–water partition coefficient (Wildman–Crippen LogP) is 1.81. The van der Waals surface area contributed by atoms with Crippen molar-refractivity contribution in [3.8, 4) is 0 Å². The predicted molar refractivity (Wildman–Crippen MR) is 83.9 cm³/mol. The molecule has 0 saturated carbocycles. The zero-order valence-electron chi connectivity index (χ0n) is 9.65. The van der Waals surface area contributed by atoms with E-state index in [1.165, 1.54) is 12.2 Å². The molecule has 106 valence electrons. The molecule has 0 aromatic rings. The maximum absolute atomic E-state index is 10.2. The Bertz CT molecular complexity index is 319.